The van der Waals surface area contributed by atoms with Crippen molar-refractivity contribution in [1.29, 1.82) is 0 Å². The molecule has 2 fully saturated rings. The van der Waals surface area contributed by atoms with Crippen LogP contribution in [0.2, 0.25) is 0 Å². The van der Waals surface area contributed by atoms with Crippen LogP contribution in [0.3, 0.4) is 0 Å². The second-order valence-corrected chi connectivity index (χ2v) is 8.77. The Balaban J connectivity index is 1.46. The third kappa shape index (κ3) is 5.52. The lowest BCUT2D eigenvalue weighted by Gasteiger charge is -2.26. The summed E-state index contributed by atoms with van der Waals surface area (Å²) in [4.78, 5) is 8.21. The number of aromatic nitrogens is 1. The van der Waals surface area contributed by atoms with Crippen LogP contribution in [-0.2, 0) is 4.74 Å². The molecule has 0 atom stereocenters. The second kappa shape index (κ2) is 10.1. The van der Waals surface area contributed by atoms with E-state index in [2.05, 4.69) is 32.9 Å². The summed E-state index contributed by atoms with van der Waals surface area (Å²) in [5, 5.41) is 9.38. The molecule has 0 unspecified atom stereocenters. The summed E-state index contributed by atoms with van der Waals surface area (Å²) in [6.07, 6.45) is 8.07. The highest BCUT2D eigenvalue weighted by molar-refractivity contribution is 7.80. The molecule has 2 aromatic rings. The van der Waals surface area contributed by atoms with Crippen LogP contribution in [0.4, 0.5) is 5.13 Å². The van der Waals surface area contributed by atoms with Crippen molar-refractivity contribution in [2.75, 3.05) is 31.2 Å². The van der Waals surface area contributed by atoms with E-state index in [0.29, 0.717) is 11.2 Å². The average molecular weight is 430 g/mol. The zero-order valence-electron chi connectivity index (χ0n) is 16.5. The van der Waals surface area contributed by atoms with Crippen molar-refractivity contribution in [3.8, 4) is 11.3 Å². The molecule has 154 valence electrons. The topological polar surface area (TPSA) is 61.8 Å². The molecule has 2 N–H and O–H groups in total. The van der Waals surface area contributed by atoms with Crippen molar-refractivity contribution in [3.63, 3.8) is 0 Å². The summed E-state index contributed by atoms with van der Waals surface area (Å²) in [5.74, 6) is 0. The van der Waals surface area contributed by atoms with Crippen LogP contribution in [0.15, 0.2) is 35.4 Å². The standard InChI is InChI=1S/C21H27N5OS2/c28-20(23-17-9-5-2-6-10-17)25-22-15-18-19(16-7-3-1-4-8-16)24-21(29-18)26-11-13-27-14-12-26/h1,3-4,7-8,15,17H,2,5-6,9-14H2,(H2,23,25,28)/b22-15-. The largest absolute Gasteiger partial charge is 0.378 e. The Morgan fingerprint density at radius 2 is 1.93 bits per heavy atom. The Hall–Kier alpha value is -2.03. The molecule has 4 rings (SSSR count). The van der Waals surface area contributed by atoms with Crippen LogP contribution in [0.25, 0.3) is 11.3 Å². The van der Waals surface area contributed by atoms with Gasteiger partial charge in [-0.25, -0.2) is 4.98 Å². The van der Waals surface area contributed by atoms with Gasteiger partial charge in [0, 0.05) is 24.7 Å². The minimum atomic E-state index is 0.468. The first kappa shape index (κ1) is 20.3. The van der Waals surface area contributed by atoms with Crippen molar-refractivity contribution < 1.29 is 4.74 Å². The highest BCUT2D eigenvalue weighted by Gasteiger charge is 2.19. The van der Waals surface area contributed by atoms with Gasteiger partial charge in [-0.15, -0.1) is 0 Å². The molecule has 0 spiro atoms. The van der Waals surface area contributed by atoms with Gasteiger partial charge in [0.15, 0.2) is 10.2 Å². The third-order valence-corrected chi connectivity index (χ3v) is 6.52. The van der Waals surface area contributed by atoms with Gasteiger partial charge in [0.25, 0.3) is 0 Å². The zero-order chi connectivity index (χ0) is 19.9. The van der Waals surface area contributed by atoms with Gasteiger partial charge < -0.3 is 15.0 Å². The molecule has 0 bridgehead atoms. The fourth-order valence-corrected chi connectivity index (χ4v) is 4.94. The number of hydrazone groups is 1. The van der Waals surface area contributed by atoms with Crippen LogP contribution in [0, 0.1) is 0 Å². The lowest BCUT2D eigenvalue weighted by atomic mass is 9.96. The monoisotopic (exact) mass is 429 g/mol. The first-order valence-electron chi connectivity index (χ1n) is 10.3. The molecule has 0 radical (unpaired) electrons. The van der Waals surface area contributed by atoms with Gasteiger partial charge in [-0.1, -0.05) is 60.9 Å². The lowest BCUT2D eigenvalue weighted by Crippen LogP contribution is -2.40. The number of hydrogen-bond donors (Lipinski definition) is 2. The average Bonchev–Trinajstić information content (AvgIpc) is 3.20. The molecule has 1 aliphatic heterocycles. The first-order valence-corrected chi connectivity index (χ1v) is 11.5. The molecule has 1 saturated carbocycles. The number of ether oxygens (including phenoxy) is 1. The summed E-state index contributed by atoms with van der Waals surface area (Å²) >= 11 is 7.07. The molecule has 8 heteroatoms. The Labute approximate surface area is 181 Å². The van der Waals surface area contributed by atoms with Crippen molar-refractivity contribution in [1.82, 2.24) is 15.7 Å². The van der Waals surface area contributed by atoms with E-state index in [4.69, 9.17) is 21.9 Å². The number of thiocarbonyl (C=S) groups is 1. The fraction of sp³-hybridized carbons (Fsp3) is 0.476. The maximum atomic E-state index is 5.47. The lowest BCUT2D eigenvalue weighted by molar-refractivity contribution is 0.122. The Bertz CT molecular complexity index is 827. The minimum Gasteiger partial charge on any atom is -0.378 e. The molecule has 1 aromatic heterocycles. The van der Waals surface area contributed by atoms with Crippen molar-refractivity contribution in [3.05, 3.63) is 35.2 Å². The smallest absolute Gasteiger partial charge is 0.187 e. The van der Waals surface area contributed by atoms with Crippen molar-refractivity contribution in [2.45, 2.75) is 38.1 Å². The number of hydrogen-bond acceptors (Lipinski definition) is 6. The maximum absolute atomic E-state index is 5.47. The van der Waals surface area contributed by atoms with Crippen molar-refractivity contribution >= 4 is 40.0 Å². The van der Waals surface area contributed by atoms with Gasteiger partial charge in [-0.05, 0) is 25.1 Å². The number of thiazole rings is 1. The number of nitrogens with one attached hydrogen (secondary N) is 2. The Morgan fingerprint density at radius 1 is 1.17 bits per heavy atom. The molecule has 0 amide bonds. The Kier molecular flexibility index (Phi) is 7.08. The van der Waals surface area contributed by atoms with Gasteiger partial charge in [-0.3, -0.25) is 5.43 Å². The molecule has 2 aliphatic rings. The SMILES string of the molecule is S=C(N/N=C\c1sc(N2CCOCC2)nc1-c1ccccc1)NC1CCCCC1. The van der Waals surface area contributed by atoms with Gasteiger partial charge in [0.1, 0.15) is 0 Å². The summed E-state index contributed by atoms with van der Waals surface area (Å²) in [5.41, 5.74) is 5.02. The second-order valence-electron chi connectivity index (χ2n) is 7.35. The fourth-order valence-electron chi connectivity index (χ4n) is 3.71. The van der Waals surface area contributed by atoms with Crippen LogP contribution in [0.5, 0.6) is 0 Å². The highest BCUT2D eigenvalue weighted by Crippen LogP contribution is 2.32. The summed E-state index contributed by atoms with van der Waals surface area (Å²) in [6, 6.07) is 10.7. The molecule has 1 aromatic carbocycles. The van der Waals surface area contributed by atoms with E-state index >= 15 is 0 Å². The zero-order valence-corrected chi connectivity index (χ0v) is 18.1. The van der Waals surface area contributed by atoms with E-state index < -0.39 is 0 Å². The van der Waals surface area contributed by atoms with E-state index in [-0.39, 0.29) is 0 Å². The van der Waals surface area contributed by atoms with Gasteiger partial charge >= 0.3 is 0 Å². The quantitative estimate of drug-likeness (QED) is 0.429. The van der Waals surface area contributed by atoms with E-state index in [9.17, 15) is 0 Å². The number of anilines is 1. The highest BCUT2D eigenvalue weighted by atomic mass is 32.1. The normalized spacial score (nSPS) is 18.1. The minimum absolute atomic E-state index is 0.468. The number of rotatable bonds is 5. The van der Waals surface area contributed by atoms with E-state index in [1.807, 2.05) is 24.4 Å². The predicted octanol–water partition coefficient (Wildman–Crippen LogP) is 3.78. The summed E-state index contributed by atoms with van der Waals surface area (Å²) < 4.78 is 5.47. The van der Waals surface area contributed by atoms with Crippen LogP contribution < -0.4 is 15.6 Å². The first-order chi connectivity index (χ1) is 14.3. The van der Waals surface area contributed by atoms with E-state index in [0.717, 1.165) is 47.6 Å². The predicted molar refractivity (Wildman–Crippen MR) is 124 cm³/mol. The van der Waals surface area contributed by atoms with Gasteiger partial charge in [-0.2, -0.15) is 5.10 Å². The molecule has 1 saturated heterocycles. The van der Waals surface area contributed by atoms with Gasteiger partial charge in [0.05, 0.1) is 30.0 Å². The third-order valence-electron chi connectivity index (χ3n) is 5.26. The molecular formula is C21H27N5OS2. The number of benzene rings is 1. The maximum Gasteiger partial charge on any atom is 0.187 e. The molecule has 2 heterocycles. The molecular weight excluding hydrogens is 402 g/mol. The van der Waals surface area contributed by atoms with E-state index in [1.165, 1.54) is 32.1 Å². The summed E-state index contributed by atoms with van der Waals surface area (Å²) in [7, 11) is 0. The molecule has 6 nitrogen and oxygen atoms in total. The summed E-state index contributed by atoms with van der Waals surface area (Å²) in [6.45, 7) is 3.22. The molecule has 29 heavy (non-hydrogen) atoms. The number of morpholine rings is 1. The van der Waals surface area contributed by atoms with Crippen molar-refractivity contribution in [2.24, 2.45) is 5.10 Å². The number of nitrogens with zero attached hydrogens (tertiary/aromatic N) is 3. The van der Waals surface area contributed by atoms with Gasteiger partial charge in [0.2, 0.25) is 0 Å². The van der Waals surface area contributed by atoms with Crippen LogP contribution in [-0.4, -0.2) is 48.7 Å². The Morgan fingerprint density at radius 3 is 2.69 bits per heavy atom. The molecule has 1 aliphatic carbocycles. The van der Waals surface area contributed by atoms with E-state index in [1.54, 1.807) is 11.3 Å². The van der Waals surface area contributed by atoms with Crippen LogP contribution >= 0.6 is 23.6 Å². The van der Waals surface area contributed by atoms with Crippen LogP contribution in [0.1, 0.15) is 37.0 Å².